The molecule has 2 aromatic carbocycles. The summed E-state index contributed by atoms with van der Waals surface area (Å²) in [5.41, 5.74) is 4.53. The van der Waals surface area contributed by atoms with E-state index in [2.05, 4.69) is 18.6 Å². The molecule has 10 nitrogen and oxygen atoms in total. The molecule has 2 atom stereocenters. The van der Waals surface area contributed by atoms with Crippen LogP contribution in [0.15, 0.2) is 48.5 Å². The third-order valence-corrected chi connectivity index (χ3v) is 8.85. The SMILES string of the molecule is CCCCN(CCCC)C(=O)c1cc(C)n(-c2ccc(N[S+]([O-])N(C)C)cc2C(=O)N2Cc3ccccc3C[C@H]2CO)n1. The van der Waals surface area contributed by atoms with Gasteiger partial charge in [-0.05, 0) is 61.6 Å². The molecule has 2 heterocycles. The van der Waals surface area contributed by atoms with Crippen LogP contribution in [0.4, 0.5) is 5.69 Å². The van der Waals surface area contributed by atoms with Crippen LogP contribution in [0.1, 0.15) is 77.2 Å². The summed E-state index contributed by atoms with van der Waals surface area (Å²) in [5.74, 6) is -0.401. The van der Waals surface area contributed by atoms with E-state index in [1.807, 2.05) is 36.1 Å². The largest absolute Gasteiger partial charge is 0.573 e. The molecule has 0 radical (unpaired) electrons. The van der Waals surface area contributed by atoms with Crippen molar-refractivity contribution in [3.63, 3.8) is 0 Å². The van der Waals surface area contributed by atoms with Crippen LogP contribution in [0.25, 0.3) is 5.69 Å². The summed E-state index contributed by atoms with van der Waals surface area (Å²) in [5, 5.41) is 15.0. The van der Waals surface area contributed by atoms with E-state index in [0.717, 1.165) is 36.8 Å². The molecule has 11 heteroatoms. The Morgan fingerprint density at radius 2 is 1.74 bits per heavy atom. The molecule has 4 rings (SSSR count). The molecule has 0 aliphatic carbocycles. The second-order valence-electron chi connectivity index (χ2n) is 11.2. The van der Waals surface area contributed by atoms with Gasteiger partial charge in [0, 0.05) is 39.4 Å². The van der Waals surface area contributed by atoms with Crippen LogP contribution in [0.3, 0.4) is 0 Å². The van der Waals surface area contributed by atoms with Crippen molar-refractivity contribution in [1.29, 1.82) is 0 Å². The number of nitrogens with one attached hydrogen (secondary N) is 1. The number of fused-ring (bicyclic) bond motifs is 1. The van der Waals surface area contributed by atoms with E-state index >= 15 is 0 Å². The minimum Gasteiger partial charge on any atom is -0.573 e. The number of aryl methyl sites for hydroxylation is 1. The monoisotopic (exact) mass is 608 g/mol. The molecule has 3 aromatic rings. The predicted octanol–water partition coefficient (Wildman–Crippen LogP) is 4.33. The molecular weight excluding hydrogens is 564 g/mol. The fourth-order valence-corrected chi connectivity index (χ4v) is 5.80. The van der Waals surface area contributed by atoms with E-state index < -0.39 is 17.6 Å². The molecule has 2 amide bonds. The summed E-state index contributed by atoms with van der Waals surface area (Å²) in [6, 6.07) is 14.5. The maximum absolute atomic E-state index is 14.3. The van der Waals surface area contributed by atoms with Crippen molar-refractivity contribution in [2.75, 3.05) is 38.5 Å². The lowest BCUT2D eigenvalue weighted by Gasteiger charge is -2.36. The quantitative estimate of drug-likeness (QED) is 0.278. The number of rotatable bonds is 13. The molecule has 1 aromatic heterocycles. The van der Waals surface area contributed by atoms with Crippen molar-refractivity contribution in [3.05, 3.63) is 76.6 Å². The van der Waals surface area contributed by atoms with Crippen LogP contribution in [0, 0.1) is 6.92 Å². The van der Waals surface area contributed by atoms with Crippen molar-refractivity contribution in [2.24, 2.45) is 0 Å². The van der Waals surface area contributed by atoms with E-state index in [0.29, 0.717) is 54.4 Å². The van der Waals surface area contributed by atoms with Gasteiger partial charge < -0.3 is 19.5 Å². The molecular formula is C32H44N6O4S. The van der Waals surface area contributed by atoms with E-state index in [1.165, 1.54) is 4.31 Å². The lowest BCUT2D eigenvalue weighted by Crippen LogP contribution is -2.46. The number of carbonyl (C=O) groups is 2. The first-order valence-corrected chi connectivity index (χ1v) is 16.1. The number of aliphatic hydroxyl groups excluding tert-OH is 1. The number of nitrogens with zero attached hydrogens (tertiary/aromatic N) is 5. The van der Waals surface area contributed by atoms with Gasteiger partial charge in [-0.3, -0.25) is 9.59 Å². The van der Waals surface area contributed by atoms with Gasteiger partial charge in [-0.25, -0.2) is 4.68 Å². The van der Waals surface area contributed by atoms with Gasteiger partial charge in [0.25, 0.3) is 11.8 Å². The van der Waals surface area contributed by atoms with Crippen molar-refractivity contribution in [2.45, 2.75) is 65.5 Å². The second-order valence-corrected chi connectivity index (χ2v) is 12.7. The highest BCUT2D eigenvalue weighted by atomic mass is 32.2. The molecule has 43 heavy (non-hydrogen) atoms. The summed E-state index contributed by atoms with van der Waals surface area (Å²) in [4.78, 5) is 31.4. The first-order valence-electron chi connectivity index (χ1n) is 15.0. The third-order valence-electron chi connectivity index (χ3n) is 7.78. The topological polar surface area (TPSA) is 117 Å². The van der Waals surface area contributed by atoms with Gasteiger partial charge in [0.05, 0.1) is 29.6 Å². The van der Waals surface area contributed by atoms with Gasteiger partial charge in [0.1, 0.15) is 0 Å². The number of amides is 2. The van der Waals surface area contributed by atoms with Gasteiger partial charge in [-0.1, -0.05) is 51.0 Å². The standard InChI is InChI=1S/C32H44N6O4S/c1-6-8-16-36(17-9-7-2)32(41)29-18-23(3)38(33-29)30-15-14-26(34-43(42)35(4)5)20-28(30)31(40)37-21-25-13-11-10-12-24(25)19-27(37)22-39/h10-15,18,20,27,34,39H,6-9,16-17,19,21-22H2,1-5H3/t27-,43?/m0/s1. The third kappa shape index (κ3) is 7.59. The lowest BCUT2D eigenvalue weighted by atomic mass is 9.93. The highest BCUT2D eigenvalue weighted by molar-refractivity contribution is 7.90. The highest BCUT2D eigenvalue weighted by Gasteiger charge is 2.32. The van der Waals surface area contributed by atoms with E-state index in [1.54, 1.807) is 47.9 Å². The van der Waals surface area contributed by atoms with E-state index in [4.69, 9.17) is 5.10 Å². The Morgan fingerprint density at radius 3 is 2.37 bits per heavy atom. The molecule has 232 valence electrons. The Balaban J connectivity index is 1.75. The number of carbonyl (C=O) groups excluding carboxylic acids is 2. The molecule has 1 aliphatic heterocycles. The van der Waals surface area contributed by atoms with Crippen molar-refractivity contribution in [3.8, 4) is 5.69 Å². The smallest absolute Gasteiger partial charge is 0.274 e. The Kier molecular flexibility index (Phi) is 11.3. The molecule has 2 N–H and O–H groups in total. The fourth-order valence-electron chi connectivity index (χ4n) is 5.29. The van der Waals surface area contributed by atoms with Gasteiger partial charge in [0.15, 0.2) is 17.2 Å². The van der Waals surface area contributed by atoms with Gasteiger partial charge >= 0.3 is 0 Å². The van der Waals surface area contributed by atoms with Gasteiger partial charge in [0.2, 0.25) is 0 Å². The summed E-state index contributed by atoms with van der Waals surface area (Å²) in [6.07, 6.45) is 4.36. The zero-order valence-corrected chi connectivity index (χ0v) is 26.7. The number of aromatic nitrogens is 2. The summed E-state index contributed by atoms with van der Waals surface area (Å²) >= 11 is -1.51. The number of aliphatic hydroxyl groups is 1. The number of benzene rings is 2. The van der Waals surface area contributed by atoms with Crippen LogP contribution >= 0.6 is 0 Å². The minimum absolute atomic E-state index is 0.121. The summed E-state index contributed by atoms with van der Waals surface area (Å²) in [6.45, 7) is 7.60. The van der Waals surface area contributed by atoms with Crippen molar-refractivity contribution < 1.29 is 19.2 Å². The first kappa shape index (κ1) is 32.5. The molecule has 1 aliphatic rings. The zero-order valence-electron chi connectivity index (χ0n) is 25.9. The first-order chi connectivity index (χ1) is 20.7. The highest BCUT2D eigenvalue weighted by Crippen LogP contribution is 2.29. The minimum atomic E-state index is -1.51. The lowest BCUT2D eigenvalue weighted by molar-refractivity contribution is 0.0544. The maximum Gasteiger partial charge on any atom is 0.274 e. The molecule has 0 saturated carbocycles. The molecule has 1 unspecified atom stereocenters. The molecule has 0 fully saturated rings. The molecule has 0 saturated heterocycles. The second kappa shape index (κ2) is 14.9. The molecule has 0 bridgehead atoms. The number of hydrogen-bond donors (Lipinski definition) is 2. The van der Waals surface area contributed by atoms with Crippen LogP contribution in [-0.4, -0.2) is 85.2 Å². The Bertz CT molecular complexity index is 1400. The van der Waals surface area contributed by atoms with Crippen LogP contribution < -0.4 is 4.72 Å². The predicted molar refractivity (Wildman–Crippen MR) is 170 cm³/mol. The maximum atomic E-state index is 14.3. The van der Waals surface area contributed by atoms with E-state index in [9.17, 15) is 19.2 Å². The molecule has 0 spiro atoms. The van der Waals surface area contributed by atoms with Crippen molar-refractivity contribution in [1.82, 2.24) is 23.9 Å². The fraction of sp³-hybridized carbons (Fsp3) is 0.469. The number of anilines is 1. The van der Waals surface area contributed by atoms with E-state index in [-0.39, 0.29) is 18.4 Å². The Labute approximate surface area is 258 Å². The van der Waals surface area contributed by atoms with Crippen LogP contribution in [0.2, 0.25) is 0 Å². The van der Waals surface area contributed by atoms with Crippen molar-refractivity contribution >= 4 is 29.0 Å². The summed E-state index contributed by atoms with van der Waals surface area (Å²) in [7, 11) is 3.38. The van der Waals surface area contributed by atoms with Crippen LogP contribution in [-0.2, 0) is 24.5 Å². The average Bonchev–Trinajstić information content (AvgIpc) is 3.40. The normalized spacial score (nSPS) is 15.3. The zero-order chi connectivity index (χ0) is 31.1. The number of hydrogen-bond acceptors (Lipinski definition) is 7. The Hall–Kier alpha value is -3.38. The summed E-state index contributed by atoms with van der Waals surface area (Å²) < 4.78 is 18.7. The average molecular weight is 609 g/mol. The number of unbranched alkanes of at least 4 members (excludes halogenated alkanes) is 2. The van der Waals surface area contributed by atoms with Gasteiger partial charge in [-0.15, -0.1) is 4.31 Å². The van der Waals surface area contributed by atoms with Crippen LogP contribution in [0.5, 0.6) is 0 Å². The van der Waals surface area contributed by atoms with Gasteiger partial charge in [-0.2, -0.15) is 9.82 Å². The Morgan fingerprint density at radius 1 is 1.07 bits per heavy atom.